The molecule has 0 spiro atoms. The number of hydrogen-bond acceptors (Lipinski definition) is 4. The molecule has 0 saturated carbocycles. The largest absolute Gasteiger partial charge is 0.395 e. The summed E-state index contributed by atoms with van der Waals surface area (Å²) in [6, 6.07) is 0. The Hall–Kier alpha value is -0.290. The first-order valence-electron chi connectivity index (χ1n) is 1.65. The highest BCUT2D eigenvalue weighted by atomic mass is 32.2. The molecule has 0 atom stereocenters. The van der Waals surface area contributed by atoms with Crippen LogP contribution in [0.1, 0.15) is 0 Å². The summed E-state index contributed by atoms with van der Waals surface area (Å²) in [5.41, 5.74) is 0. The van der Waals surface area contributed by atoms with Gasteiger partial charge in [0.15, 0.2) is 0 Å². The predicted molar refractivity (Wildman–Crippen MR) is 26.5 cm³/mol. The van der Waals surface area contributed by atoms with Crippen molar-refractivity contribution in [2.75, 3.05) is 12.4 Å². The first-order valence-corrected chi connectivity index (χ1v) is 2.60. The molecule has 0 aromatic rings. The summed E-state index contributed by atoms with van der Waals surface area (Å²) in [7, 11) is 0. The van der Waals surface area contributed by atoms with Crippen LogP contribution in [0.4, 0.5) is 0 Å². The minimum Gasteiger partial charge on any atom is -0.395 e. The topological polar surface area (TPSA) is 63.4 Å². The fourth-order valence-corrected chi connectivity index (χ4v) is 0.346. The van der Waals surface area contributed by atoms with Crippen molar-refractivity contribution in [2.45, 2.75) is 0 Å². The summed E-state index contributed by atoms with van der Waals surface area (Å²) in [6.45, 7) is -0.133. The second-order valence-electron chi connectivity index (χ2n) is 0.780. The van der Waals surface area contributed by atoms with Gasteiger partial charge < -0.3 is 5.11 Å². The smallest absolute Gasteiger partial charge is 0.230 e. The Balaban J connectivity index is 2.82. The molecule has 0 radical (unpaired) electrons. The lowest BCUT2D eigenvalue weighted by molar-refractivity contribution is -0.284. The molecular weight excluding hydrogens is 118 g/mol. The zero-order valence-electron chi connectivity index (χ0n) is 3.53. The van der Waals surface area contributed by atoms with E-state index in [2.05, 4.69) is 0 Å². The minimum atomic E-state index is -0.532. The molecule has 0 bridgehead atoms. The van der Waals surface area contributed by atoms with Gasteiger partial charge >= 0.3 is 0 Å². The molecule has 0 aromatic carbocycles. The van der Waals surface area contributed by atoms with Gasteiger partial charge in [-0.3, -0.25) is 10.1 Å². The van der Waals surface area contributed by atoms with Gasteiger partial charge in [-0.25, -0.2) is 0 Å². The number of aliphatic hydroxyl groups is 1. The third kappa shape index (κ3) is 5.71. The number of aliphatic hydroxyl groups excluding tert-OH is 1. The average molecular weight is 123 g/mol. The molecular formula is C2H5NO3S. The summed E-state index contributed by atoms with van der Waals surface area (Å²) in [4.78, 5) is 9.42. The maximum atomic E-state index is 9.42. The van der Waals surface area contributed by atoms with Gasteiger partial charge in [0.1, 0.15) is 4.33 Å². The third-order valence-electron chi connectivity index (χ3n) is 0.288. The fourth-order valence-electron chi connectivity index (χ4n) is 0.115. The molecule has 0 rings (SSSR count). The van der Waals surface area contributed by atoms with Crippen LogP contribution in [-0.2, 0) is 0 Å². The molecule has 0 aromatic heterocycles. The highest BCUT2D eigenvalue weighted by molar-refractivity contribution is 7.93. The standard InChI is InChI=1S/C2H5NO3S/c4-1-2-7-3(5)6/h4H,1-2H2. The van der Waals surface area contributed by atoms with Gasteiger partial charge in [-0.2, -0.15) is 0 Å². The molecule has 0 unspecified atom stereocenters. The highest BCUT2D eigenvalue weighted by Crippen LogP contribution is 1.95. The van der Waals surface area contributed by atoms with E-state index in [1.54, 1.807) is 0 Å². The summed E-state index contributed by atoms with van der Waals surface area (Å²) in [5.74, 6) is 0.174. The summed E-state index contributed by atoms with van der Waals surface area (Å²) >= 11 is 0.503. The SMILES string of the molecule is O=[N+]([O-])SCCO. The van der Waals surface area contributed by atoms with E-state index < -0.39 is 4.33 Å². The monoisotopic (exact) mass is 123 g/mol. The van der Waals surface area contributed by atoms with Gasteiger partial charge in [0.05, 0.1) is 12.4 Å². The number of nitrogens with zero attached hydrogens (tertiary/aromatic N) is 1. The lowest BCUT2D eigenvalue weighted by Crippen LogP contribution is -1.90. The minimum absolute atomic E-state index is 0.133. The van der Waals surface area contributed by atoms with Crippen molar-refractivity contribution in [2.24, 2.45) is 0 Å². The molecule has 0 aliphatic rings. The molecule has 0 fully saturated rings. The number of nitro groups is 1. The van der Waals surface area contributed by atoms with Gasteiger partial charge in [-0.05, 0) is 0 Å². The van der Waals surface area contributed by atoms with Crippen molar-refractivity contribution in [3.05, 3.63) is 10.1 Å². The van der Waals surface area contributed by atoms with Crippen molar-refractivity contribution in [1.82, 2.24) is 0 Å². The summed E-state index contributed by atoms with van der Waals surface area (Å²) in [6.07, 6.45) is 0. The maximum absolute atomic E-state index is 9.42. The van der Waals surface area contributed by atoms with E-state index in [0.29, 0.717) is 11.9 Å². The van der Waals surface area contributed by atoms with Crippen LogP contribution in [0.3, 0.4) is 0 Å². The van der Waals surface area contributed by atoms with Gasteiger partial charge in [-0.15, -0.1) is 0 Å². The molecule has 0 aliphatic carbocycles. The van der Waals surface area contributed by atoms with Crippen molar-refractivity contribution in [3.8, 4) is 0 Å². The predicted octanol–water partition coefficient (Wildman–Crippen LogP) is -0.0964. The zero-order valence-corrected chi connectivity index (χ0v) is 4.35. The molecule has 0 amide bonds. The first kappa shape index (κ1) is 6.71. The molecule has 0 aliphatic heterocycles. The fraction of sp³-hybridized carbons (Fsp3) is 1.00. The summed E-state index contributed by atoms with van der Waals surface area (Å²) < 4.78 is -0.532. The molecule has 5 heteroatoms. The zero-order chi connectivity index (χ0) is 5.70. The van der Waals surface area contributed by atoms with Crippen molar-refractivity contribution in [1.29, 1.82) is 0 Å². The van der Waals surface area contributed by atoms with Gasteiger partial charge in [0, 0.05) is 0 Å². The van der Waals surface area contributed by atoms with Crippen LogP contribution in [0.15, 0.2) is 0 Å². The molecule has 4 nitrogen and oxygen atoms in total. The van der Waals surface area contributed by atoms with Crippen LogP contribution in [0, 0.1) is 10.1 Å². The normalized spacial score (nSPS) is 8.71. The van der Waals surface area contributed by atoms with E-state index in [-0.39, 0.29) is 12.4 Å². The van der Waals surface area contributed by atoms with Crippen LogP contribution in [-0.4, -0.2) is 21.8 Å². The lowest BCUT2D eigenvalue weighted by atomic mass is 10.9. The second kappa shape index (κ2) is 3.89. The van der Waals surface area contributed by atoms with E-state index in [1.807, 2.05) is 0 Å². The Bertz CT molecular complexity index is 66.0. The van der Waals surface area contributed by atoms with Crippen LogP contribution in [0.5, 0.6) is 0 Å². The van der Waals surface area contributed by atoms with Crippen LogP contribution in [0.25, 0.3) is 0 Å². The van der Waals surface area contributed by atoms with Crippen LogP contribution >= 0.6 is 11.9 Å². The molecule has 0 heterocycles. The Morgan fingerprint density at radius 3 is 2.57 bits per heavy atom. The first-order chi connectivity index (χ1) is 3.27. The molecule has 0 saturated heterocycles. The Labute approximate surface area is 44.8 Å². The van der Waals surface area contributed by atoms with Gasteiger partial charge in [0.25, 0.3) is 0 Å². The van der Waals surface area contributed by atoms with Crippen LogP contribution < -0.4 is 0 Å². The molecule has 7 heavy (non-hydrogen) atoms. The highest BCUT2D eigenvalue weighted by Gasteiger charge is 1.95. The Morgan fingerprint density at radius 2 is 2.43 bits per heavy atom. The lowest BCUT2D eigenvalue weighted by Gasteiger charge is -1.80. The quantitative estimate of drug-likeness (QED) is 0.323. The van der Waals surface area contributed by atoms with Crippen LogP contribution in [0.2, 0.25) is 0 Å². The number of rotatable bonds is 3. The van der Waals surface area contributed by atoms with Gasteiger partial charge in [-0.1, -0.05) is 0 Å². The second-order valence-corrected chi connectivity index (χ2v) is 1.75. The van der Waals surface area contributed by atoms with E-state index in [1.165, 1.54) is 0 Å². The number of hydrogen-bond donors (Lipinski definition) is 1. The summed E-state index contributed by atoms with van der Waals surface area (Å²) in [5, 5.41) is 17.4. The van der Waals surface area contributed by atoms with E-state index in [4.69, 9.17) is 5.11 Å². The molecule has 1 N–H and O–H groups in total. The van der Waals surface area contributed by atoms with E-state index in [9.17, 15) is 10.1 Å². The average Bonchev–Trinajstić information content (AvgIpc) is 1.61. The maximum Gasteiger partial charge on any atom is 0.230 e. The Morgan fingerprint density at radius 1 is 1.86 bits per heavy atom. The Kier molecular flexibility index (Phi) is 3.72. The van der Waals surface area contributed by atoms with Crippen molar-refractivity contribution < 1.29 is 9.44 Å². The van der Waals surface area contributed by atoms with E-state index >= 15 is 0 Å². The van der Waals surface area contributed by atoms with Crippen molar-refractivity contribution >= 4 is 11.9 Å². The third-order valence-corrected chi connectivity index (χ3v) is 0.864. The van der Waals surface area contributed by atoms with Gasteiger partial charge in [0.2, 0.25) is 11.9 Å². The van der Waals surface area contributed by atoms with E-state index in [0.717, 1.165) is 0 Å². The molecule has 42 valence electrons. The van der Waals surface area contributed by atoms with Crippen molar-refractivity contribution in [3.63, 3.8) is 0 Å².